The number of hydrogen-bond acceptors (Lipinski definition) is 7. The van der Waals surface area contributed by atoms with Gasteiger partial charge in [0, 0.05) is 13.6 Å². The number of fused-ring (bicyclic) bond motifs is 1. The normalized spacial score (nSPS) is 11.0. The monoisotopic (exact) mass is 303 g/mol. The standard InChI is InChI=1S/C13H17N7S/c1-3-5-14-13-17-11(9-4-6-21-12(9)18-13)15-7-10-16-8-20(2)19-10/h4,6,8H,3,5,7H2,1-2H3,(H2,14,15,17,18). The maximum absolute atomic E-state index is 4.54. The van der Waals surface area contributed by atoms with Gasteiger partial charge >= 0.3 is 0 Å². The molecule has 0 saturated carbocycles. The third-order valence-electron chi connectivity index (χ3n) is 2.92. The summed E-state index contributed by atoms with van der Waals surface area (Å²) in [6.07, 6.45) is 2.72. The van der Waals surface area contributed by atoms with Crippen LogP contribution in [0.4, 0.5) is 11.8 Å². The third kappa shape index (κ3) is 3.10. The molecular weight excluding hydrogens is 286 g/mol. The second-order valence-electron chi connectivity index (χ2n) is 4.65. The summed E-state index contributed by atoms with van der Waals surface area (Å²) in [6.45, 7) is 3.51. The minimum absolute atomic E-state index is 0.538. The van der Waals surface area contributed by atoms with Gasteiger partial charge in [-0.2, -0.15) is 10.1 Å². The molecule has 110 valence electrons. The second kappa shape index (κ2) is 6.04. The SMILES string of the molecule is CCCNc1nc(NCc2ncn(C)n2)c2ccsc2n1. The Hall–Kier alpha value is -2.22. The maximum atomic E-state index is 4.54. The van der Waals surface area contributed by atoms with E-state index in [0.717, 1.165) is 34.8 Å². The Morgan fingerprint density at radius 2 is 2.19 bits per heavy atom. The minimum Gasteiger partial charge on any atom is -0.362 e. The summed E-state index contributed by atoms with van der Waals surface area (Å²) in [5.41, 5.74) is 0. The van der Waals surface area contributed by atoms with Gasteiger partial charge in [-0.15, -0.1) is 11.3 Å². The van der Waals surface area contributed by atoms with Gasteiger partial charge in [0.25, 0.3) is 0 Å². The molecule has 3 aromatic heterocycles. The molecule has 3 aromatic rings. The van der Waals surface area contributed by atoms with Crippen LogP contribution in [0.15, 0.2) is 17.8 Å². The van der Waals surface area contributed by atoms with Crippen molar-refractivity contribution in [2.24, 2.45) is 7.05 Å². The van der Waals surface area contributed by atoms with Crippen molar-refractivity contribution in [3.8, 4) is 0 Å². The number of rotatable bonds is 6. The number of aromatic nitrogens is 5. The zero-order valence-corrected chi connectivity index (χ0v) is 12.8. The predicted octanol–water partition coefficient (Wildman–Crippen LogP) is 2.25. The number of thiophene rings is 1. The van der Waals surface area contributed by atoms with Crippen molar-refractivity contribution in [2.45, 2.75) is 19.9 Å². The summed E-state index contributed by atoms with van der Waals surface area (Å²) in [5.74, 6) is 2.21. The lowest BCUT2D eigenvalue weighted by molar-refractivity contribution is 0.747. The van der Waals surface area contributed by atoms with Crippen molar-refractivity contribution >= 4 is 33.3 Å². The van der Waals surface area contributed by atoms with Crippen LogP contribution < -0.4 is 10.6 Å². The molecule has 0 unspecified atom stereocenters. The molecule has 7 nitrogen and oxygen atoms in total. The predicted molar refractivity (Wildman–Crippen MR) is 84.5 cm³/mol. The van der Waals surface area contributed by atoms with Crippen LogP contribution in [0.5, 0.6) is 0 Å². The van der Waals surface area contributed by atoms with Crippen molar-refractivity contribution in [2.75, 3.05) is 17.2 Å². The molecule has 0 aromatic carbocycles. The maximum Gasteiger partial charge on any atom is 0.226 e. The van der Waals surface area contributed by atoms with Crippen LogP contribution in [0.2, 0.25) is 0 Å². The molecule has 0 bridgehead atoms. The lowest BCUT2D eigenvalue weighted by Gasteiger charge is -2.08. The van der Waals surface area contributed by atoms with Crippen LogP contribution in [0.25, 0.3) is 10.2 Å². The molecule has 21 heavy (non-hydrogen) atoms. The van der Waals surface area contributed by atoms with Crippen LogP contribution in [0.3, 0.4) is 0 Å². The van der Waals surface area contributed by atoms with Crippen molar-refractivity contribution in [3.63, 3.8) is 0 Å². The lowest BCUT2D eigenvalue weighted by Crippen LogP contribution is -2.08. The fraction of sp³-hybridized carbons (Fsp3) is 0.385. The fourth-order valence-electron chi connectivity index (χ4n) is 1.93. The first-order valence-electron chi connectivity index (χ1n) is 6.83. The van der Waals surface area contributed by atoms with E-state index in [9.17, 15) is 0 Å². The topological polar surface area (TPSA) is 80.5 Å². The molecule has 2 N–H and O–H groups in total. The first-order valence-corrected chi connectivity index (χ1v) is 7.71. The molecule has 0 aliphatic rings. The van der Waals surface area contributed by atoms with Crippen molar-refractivity contribution in [1.29, 1.82) is 0 Å². The summed E-state index contributed by atoms with van der Waals surface area (Å²) < 4.78 is 1.69. The second-order valence-corrected chi connectivity index (χ2v) is 5.54. The molecule has 0 saturated heterocycles. The highest BCUT2D eigenvalue weighted by atomic mass is 32.1. The molecule has 3 heterocycles. The zero-order chi connectivity index (χ0) is 14.7. The Balaban J connectivity index is 1.83. The smallest absolute Gasteiger partial charge is 0.226 e. The fourth-order valence-corrected chi connectivity index (χ4v) is 2.70. The molecular formula is C13H17N7S. The molecule has 0 radical (unpaired) electrons. The molecule has 0 spiro atoms. The first kappa shape index (κ1) is 13.7. The Morgan fingerprint density at radius 1 is 1.29 bits per heavy atom. The summed E-state index contributed by atoms with van der Waals surface area (Å²) >= 11 is 1.61. The highest BCUT2D eigenvalue weighted by Crippen LogP contribution is 2.26. The van der Waals surface area contributed by atoms with Crippen LogP contribution in [-0.4, -0.2) is 31.3 Å². The quantitative estimate of drug-likeness (QED) is 0.727. The summed E-state index contributed by atoms with van der Waals surface area (Å²) in [6, 6.07) is 2.03. The van der Waals surface area contributed by atoms with E-state index in [-0.39, 0.29) is 0 Å². The lowest BCUT2D eigenvalue weighted by atomic mass is 10.3. The van der Waals surface area contributed by atoms with E-state index in [1.807, 2.05) is 18.5 Å². The molecule has 3 rings (SSSR count). The number of nitrogens with one attached hydrogen (secondary N) is 2. The molecule has 0 fully saturated rings. The molecule has 0 amide bonds. The van der Waals surface area contributed by atoms with E-state index < -0.39 is 0 Å². The molecule has 8 heteroatoms. The molecule has 0 aliphatic carbocycles. The van der Waals surface area contributed by atoms with Gasteiger partial charge in [0.1, 0.15) is 17.0 Å². The van der Waals surface area contributed by atoms with E-state index in [0.29, 0.717) is 12.5 Å². The van der Waals surface area contributed by atoms with E-state index in [2.05, 4.69) is 37.6 Å². The Kier molecular flexibility index (Phi) is 3.96. The third-order valence-corrected chi connectivity index (χ3v) is 3.73. The number of aryl methyl sites for hydroxylation is 1. The first-order chi connectivity index (χ1) is 10.3. The van der Waals surface area contributed by atoms with E-state index in [1.165, 1.54) is 0 Å². The summed E-state index contributed by atoms with van der Waals surface area (Å²) in [7, 11) is 1.85. The number of hydrogen-bond donors (Lipinski definition) is 2. The Bertz CT molecular complexity index is 733. The Labute approximate surface area is 126 Å². The van der Waals surface area contributed by atoms with E-state index in [4.69, 9.17) is 0 Å². The van der Waals surface area contributed by atoms with Gasteiger partial charge in [-0.05, 0) is 17.9 Å². The zero-order valence-electron chi connectivity index (χ0n) is 12.0. The van der Waals surface area contributed by atoms with Crippen LogP contribution in [-0.2, 0) is 13.6 Å². The summed E-state index contributed by atoms with van der Waals surface area (Å²) in [5, 5.41) is 13.8. The van der Waals surface area contributed by atoms with E-state index >= 15 is 0 Å². The van der Waals surface area contributed by atoms with Gasteiger partial charge < -0.3 is 10.6 Å². The largest absolute Gasteiger partial charge is 0.362 e. The molecule has 0 atom stereocenters. The number of nitrogens with zero attached hydrogens (tertiary/aromatic N) is 5. The van der Waals surface area contributed by atoms with Crippen LogP contribution in [0.1, 0.15) is 19.2 Å². The van der Waals surface area contributed by atoms with Crippen molar-refractivity contribution < 1.29 is 0 Å². The minimum atomic E-state index is 0.538. The van der Waals surface area contributed by atoms with Crippen LogP contribution in [0, 0.1) is 0 Å². The van der Waals surface area contributed by atoms with Gasteiger partial charge in [-0.25, -0.2) is 9.97 Å². The average molecular weight is 303 g/mol. The van der Waals surface area contributed by atoms with Gasteiger partial charge in [0.15, 0.2) is 5.82 Å². The Morgan fingerprint density at radius 3 is 2.95 bits per heavy atom. The average Bonchev–Trinajstić information content (AvgIpc) is 3.11. The van der Waals surface area contributed by atoms with Gasteiger partial charge in [-0.3, -0.25) is 4.68 Å². The van der Waals surface area contributed by atoms with Gasteiger partial charge in [0.2, 0.25) is 5.95 Å². The van der Waals surface area contributed by atoms with Gasteiger partial charge in [-0.1, -0.05) is 6.92 Å². The highest BCUT2D eigenvalue weighted by molar-refractivity contribution is 7.16. The number of anilines is 2. The van der Waals surface area contributed by atoms with Gasteiger partial charge in [0.05, 0.1) is 11.9 Å². The van der Waals surface area contributed by atoms with Crippen LogP contribution >= 0.6 is 11.3 Å². The summed E-state index contributed by atoms with van der Waals surface area (Å²) in [4.78, 5) is 14.2. The van der Waals surface area contributed by atoms with Crippen molar-refractivity contribution in [1.82, 2.24) is 24.7 Å². The molecule has 0 aliphatic heterocycles. The van der Waals surface area contributed by atoms with E-state index in [1.54, 1.807) is 22.3 Å². The highest BCUT2D eigenvalue weighted by Gasteiger charge is 2.09. The van der Waals surface area contributed by atoms with Crippen molar-refractivity contribution in [3.05, 3.63) is 23.6 Å².